The Kier molecular flexibility index (Phi) is 3.12. The lowest BCUT2D eigenvalue weighted by atomic mass is 10.2. The second-order valence-electron chi connectivity index (χ2n) is 4.51. The molecule has 1 aromatic heterocycles. The molecule has 0 saturated carbocycles. The zero-order valence-electron chi connectivity index (χ0n) is 10.8. The molecule has 0 radical (unpaired) electrons. The van der Waals surface area contributed by atoms with E-state index in [4.69, 9.17) is 9.47 Å². The maximum atomic E-state index is 5.40. The van der Waals surface area contributed by atoms with E-state index in [1.807, 2.05) is 6.07 Å². The van der Waals surface area contributed by atoms with E-state index >= 15 is 0 Å². The van der Waals surface area contributed by atoms with Gasteiger partial charge in [-0.1, -0.05) is 0 Å². The molecule has 2 aromatic rings. The number of methoxy groups -OCH3 is 2. The Hall–Kier alpha value is -1.29. The average Bonchev–Trinajstić information content (AvgIpc) is 3.05. The third kappa shape index (κ3) is 1.85. The predicted molar refractivity (Wildman–Crippen MR) is 76.0 cm³/mol. The smallest absolute Gasteiger partial charge is 0.180 e. The Morgan fingerprint density at radius 3 is 2.39 bits per heavy atom. The number of aromatic nitrogens is 1. The van der Waals surface area contributed by atoms with Gasteiger partial charge in [-0.25, -0.2) is 0 Å². The molecule has 3 rings (SSSR count). The molecule has 0 unspecified atom stereocenters. The van der Waals surface area contributed by atoms with E-state index < -0.39 is 0 Å². The maximum absolute atomic E-state index is 5.40. The fourth-order valence-electron chi connectivity index (χ4n) is 2.54. The summed E-state index contributed by atoms with van der Waals surface area (Å²) in [5.41, 5.74) is 1.14. The quantitative estimate of drug-likeness (QED) is 0.865. The molecule has 1 fully saturated rings. The maximum Gasteiger partial charge on any atom is 0.180 e. The van der Waals surface area contributed by atoms with Gasteiger partial charge >= 0.3 is 0 Å². The highest BCUT2D eigenvalue weighted by atomic mass is 32.2. The normalized spacial score (nSPS) is 16.3. The molecule has 1 aliphatic rings. The van der Waals surface area contributed by atoms with Gasteiger partial charge in [0.1, 0.15) is 11.5 Å². The van der Waals surface area contributed by atoms with Gasteiger partial charge in [0.05, 0.1) is 31.3 Å². The van der Waals surface area contributed by atoms with Gasteiger partial charge in [-0.3, -0.25) is 0 Å². The van der Waals surface area contributed by atoms with E-state index in [2.05, 4.69) is 17.2 Å². The number of hydrogen-bond donors (Lipinski definition) is 1. The molecule has 2 heterocycles. The highest BCUT2D eigenvalue weighted by Gasteiger charge is 2.30. The minimum absolute atomic E-state index is 0.419. The number of ether oxygens (including phenoxy) is 2. The highest BCUT2D eigenvalue weighted by molar-refractivity contribution is 7.97. The third-order valence-corrected chi connectivity index (χ3v) is 6.01. The van der Waals surface area contributed by atoms with Gasteiger partial charge in [0.2, 0.25) is 0 Å². The number of hydrogen-bond acceptors (Lipinski definition) is 2. The van der Waals surface area contributed by atoms with Crippen molar-refractivity contribution in [3.8, 4) is 11.5 Å². The number of benzene rings is 1. The van der Waals surface area contributed by atoms with Crippen molar-refractivity contribution in [2.24, 2.45) is 0 Å². The third-order valence-electron chi connectivity index (χ3n) is 3.49. The lowest BCUT2D eigenvalue weighted by molar-refractivity contribution is 0.356. The summed E-state index contributed by atoms with van der Waals surface area (Å²) >= 11 is 0. The van der Waals surface area contributed by atoms with Crippen LogP contribution in [-0.2, 0) is 10.9 Å². The second-order valence-corrected chi connectivity index (χ2v) is 6.76. The topological polar surface area (TPSA) is 34.2 Å². The summed E-state index contributed by atoms with van der Waals surface area (Å²) < 4.78 is 10.7. The minimum Gasteiger partial charge on any atom is -0.493 e. The lowest BCUT2D eigenvalue weighted by Gasteiger charge is -2.07. The van der Waals surface area contributed by atoms with Crippen molar-refractivity contribution in [3.63, 3.8) is 0 Å². The van der Waals surface area contributed by atoms with Crippen molar-refractivity contribution in [1.29, 1.82) is 0 Å². The van der Waals surface area contributed by atoms with Crippen LogP contribution < -0.4 is 9.47 Å². The van der Waals surface area contributed by atoms with Crippen molar-refractivity contribution in [2.75, 3.05) is 25.7 Å². The van der Waals surface area contributed by atoms with Crippen LogP contribution in [0.3, 0.4) is 0 Å². The van der Waals surface area contributed by atoms with Gasteiger partial charge in [0.25, 0.3) is 0 Å². The van der Waals surface area contributed by atoms with Crippen LogP contribution in [0.25, 0.3) is 10.9 Å². The molecular weight excluding hydrogens is 246 g/mol. The van der Waals surface area contributed by atoms with Crippen LogP contribution in [0.2, 0.25) is 0 Å². The van der Waals surface area contributed by atoms with Crippen molar-refractivity contribution < 1.29 is 9.47 Å². The summed E-state index contributed by atoms with van der Waals surface area (Å²) in [5, 5.41) is 1.29. The molecular formula is C14H18NO2S+. The first-order valence-electron chi connectivity index (χ1n) is 6.24. The Bertz CT molecular complexity index is 558. The summed E-state index contributed by atoms with van der Waals surface area (Å²) in [5.74, 6) is 4.27. The molecule has 0 bridgehead atoms. The molecule has 96 valence electrons. The van der Waals surface area contributed by atoms with Crippen molar-refractivity contribution in [3.05, 3.63) is 18.3 Å². The predicted octanol–water partition coefficient (Wildman–Crippen LogP) is 2.96. The summed E-state index contributed by atoms with van der Waals surface area (Å²) in [4.78, 5) is 4.82. The average molecular weight is 264 g/mol. The SMILES string of the molecule is COc1cc2[nH]cc([S+]3CCCC3)c2cc1OC. The molecule has 1 aliphatic heterocycles. The zero-order chi connectivity index (χ0) is 12.5. The van der Waals surface area contributed by atoms with Crippen LogP contribution in [-0.4, -0.2) is 30.7 Å². The van der Waals surface area contributed by atoms with E-state index in [-0.39, 0.29) is 0 Å². The molecule has 1 aromatic carbocycles. The van der Waals surface area contributed by atoms with Crippen molar-refractivity contribution >= 4 is 21.8 Å². The van der Waals surface area contributed by atoms with Crippen LogP contribution in [0.4, 0.5) is 0 Å². The number of H-pyrrole nitrogens is 1. The van der Waals surface area contributed by atoms with Gasteiger partial charge < -0.3 is 14.5 Å². The summed E-state index contributed by atoms with van der Waals surface area (Å²) in [6, 6.07) is 4.13. The molecule has 4 heteroatoms. The molecule has 0 atom stereocenters. The fourth-order valence-corrected chi connectivity index (χ4v) is 4.99. The Morgan fingerprint density at radius 2 is 1.72 bits per heavy atom. The Balaban J connectivity index is 2.11. The molecule has 1 saturated heterocycles. The molecule has 0 aliphatic carbocycles. The Morgan fingerprint density at radius 1 is 1.06 bits per heavy atom. The highest BCUT2D eigenvalue weighted by Crippen LogP contribution is 2.36. The summed E-state index contributed by atoms with van der Waals surface area (Å²) in [7, 11) is 3.78. The van der Waals surface area contributed by atoms with Gasteiger partial charge in [-0.05, 0) is 18.9 Å². The van der Waals surface area contributed by atoms with Gasteiger partial charge in [0, 0.05) is 17.0 Å². The van der Waals surface area contributed by atoms with E-state index in [9.17, 15) is 0 Å². The zero-order valence-corrected chi connectivity index (χ0v) is 11.6. The lowest BCUT2D eigenvalue weighted by Crippen LogP contribution is -2.02. The molecule has 0 amide bonds. The second kappa shape index (κ2) is 4.76. The van der Waals surface area contributed by atoms with Crippen LogP contribution >= 0.6 is 0 Å². The first-order chi connectivity index (χ1) is 8.83. The van der Waals surface area contributed by atoms with Crippen LogP contribution in [0.5, 0.6) is 11.5 Å². The minimum atomic E-state index is 0.419. The molecule has 0 spiro atoms. The van der Waals surface area contributed by atoms with Crippen LogP contribution in [0.1, 0.15) is 12.8 Å². The summed E-state index contributed by atoms with van der Waals surface area (Å²) in [6.07, 6.45) is 4.89. The fraction of sp³-hybridized carbons (Fsp3) is 0.429. The van der Waals surface area contributed by atoms with E-state index in [1.54, 1.807) is 14.2 Å². The summed E-state index contributed by atoms with van der Waals surface area (Å²) in [6.45, 7) is 0. The molecule has 3 nitrogen and oxygen atoms in total. The standard InChI is InChI=1S/C14H18NO2S/c1-16-12-7-10-11(8-13(12)17-2)15-9-14(10)18-5-3-4-6-18/h7-9,15H,3-6H2,1-2H3/q+1. The van der Waals surface area contributed by atoms with Gasteiger partial charge in [-0.15, -0.1) is 0 Å². The number of aromatic amines is 1. The molecule has 1 N–H and O–H groups in total. The first kappa shape index (κ1) is 11.8. The monoisotopic (exact) mass is 264 g/mol. The van der Waals surface area contributed by atoms with E-state index in [0.717, 1.165) is 17.0 Å². The number of rotatable bonds is 3. The number of nitrogens with one attached hydrogen (secondary N) is 1. The largest absolute Gasteiger partial charge is 0.493 e. The van der Waals surface area contributed by atoms with E-state index in [1.165, 1.54) is 34.6 Å². The van der Waals surface area contributed by atoms with Crippen LogP contribution in [0, 0.1) is 0 Å². The van der Waals surface area contributed by atoms with Gasteiger partial charge in [0.15, 0.2) is 16.4 Å². The van der Waals surface area contributed by atoms with Crippen molar-refractivity contribution in [2.45, 2.75) is 17.7 Å². The van der Waals surface area contributed by atoms with Gasteiger partial charge in [-0.2, -0.15) is 0 Å². The molecule has 18 heavy (non-hydrogen) atoms. The number of fused-ring (bicyclic) bond motifs is 1. The van der Waals surface area contributed by atoms with Crippen LogP contribution in [0.15, 0.2) is 23.2 Å². The first-order valence-corrected chi connectivity index (χ1v) is 7.80. The van der Waals surface area contributed by atoms with E-state index in [0.29, 0.717) is 10.9 Å². The Labute approximate surface area is 110 Å². The van der Waals surface area contributed by atoms with Crippen molar-refractivity contribution in [1.82, 2.24) is 4.98 Å².